The van der Waals surface area contributed by atoms with Crippen LogP contribution in [0.5, 0.6) is 11.5 Å². The van der Waals surface area contributed by atoms with Crippen LogP contribution in [0, 0.1) is 0 Å². The van der Waals surface area contributed by atoms with E-state index in [4.69, 9.17) is 46.4 Å². The zero-order valence-corrected chi connectivity index (χ0v) is 18.1. The van der Waals surface area contributed by atoms with Gasteiger partial charge >= 0.3 is 0 Å². The minimum absolute atomic E-state index is 0.115. The van der Waals surface area contributed by atoms with Crippen LogP contribution in [0.15, 0.2) is 54.6 Å². The first kappa shape index (κ1) is 22.0. The average molecular weight is 494 g/mol. The van der Waals surface area contributed by atoms with Crippen molar-refractivity contribution in [1.82, 2.24) is 0 Å². The fraction of sp³-hybridized carbons (Fsp3) is 0.0526. The zero-order valence-electron chi connectivity index (χ0n) is 14.3. The van der Waals surface area contributed by atoms with Gasteiger partial charge in [0.1, 0.15) is 11.5 Å². The molecule has 152 valence electrons. The van der Waals surface area contributed by atoms with E-state index in [1.165, 1.54) is 42.5 Å². The van der Waals surface area contributed by atoms with Crippen molar-refractivity contribution in [3.8, 4) is 11.5 Å². The van der Waals surface area contributed by atoms with Crippen molar-refractivity contribution >= 4 is 56.5 Å². The number of rotatable bonds is 4. The maximum Gasteiger partial charge on any atom is 0.283 e. The Kier molecular flexibility index (Phi) is 5.98. The largest absolute Gasteiger partial charge is 0.508 e. The molecule has 0 spiro atoms. The van der Waals surface area contributed by atoms with Crippen molar-refractivity contribution in [3.05, 3.63) is 91.4 Å². The summed E-state index contributed by atoms with van der Waals surface area (Å²) < 4.78 is 34.0. The quantitative estimate of drug-likeness (QED) is 0.311. The smallest absolute Gasteiger partial charge is 0.283 e. The molecular weight excluding hydrogens is 482 g/mol. The first-order valence-corrected chi connectivity index (χ1v) is 10.8. The topological polar surface area (TPSA) is 94.8 Å². The lowest BCUT2D eigenvalue weighted by atomic mass is 9.83. The summed E-state index contributed by atoms with van der Waals surface area (Å²) in [5.74, 6) is -0.762. The van der Waals surface area contributed by atoms with Gasteiger partial charge in [0.2, 0.25) is 0 Å². The summed E-state index contributed by atoms with van der Waals surface area (Å²) in [5.41, 5.74) is -0.582. The Balaban J connectivity index is 2.63. The molecule has 3 aromatic rings. The lowest BCUT2D eigenvalue weighted by molar-refractivity contribution is 0.440. The predicted octanol–water partition coefficient (Wildman–Crippen LogP) is 5.89. The molecule has 0 saturated heterocycles. The van der Waals surface area contributed by atoms with E-state index >= 15 is 0 Å². The van der Waals surface area contributed by atoms with Crippen LogP contribution in [0.2, 0.25) is 20.1 Å². The van der Waals surface area contributed by atoms with E-state index in [1.807, 2.05) is 0 Å². The number of para-hydroxylation sites is 1. The maximum atomic E-state index is 13.0. The molecule has 0 aromatic heterocycles. The second-order valence-corrected chi connectivity index (χ2v) is 9.30. The van der Waals surface area contributed by atoms with Crippen LogP contribution < -0.4 is 0 Å². The first-order valence-electron chi connectivity index (χ1n) is 7.89. The van der Waals surface area contributed by atoms with Crippen molar-refractivity contribution < 1.29 is 23.2 Å². The molecule has 0 aliphatic rings. The van der Waals surface area contributed by atoms with Gasteiger partial charge in [0.15, 0.2) is 4.75 Å². The number of phenolic OH excluding ortho intramolecular Hbond substituents is 2. The van der Waals surface area contributed by atoms with Gasteiger partial charge in [-0.1, -0.05) is 70.7 Å². The molecule has 10 heteroatoms. The molecule has 29 heavy (non-hydrogen) atoms. The number of aromatic hydroxyl groups is 2. The van der Waals surface area contributed by atoms with E-state index in [9.17, 15) is 23.2 Å². The third-order valence-electron chi connectivity index (χ3n) is 4.38. The van der Waals surface area contributed by atoms with Crippen molar-refractivity contribution in [1.29, 1.82) is 0 Å². The predicted molar refractivity (Wildman–Crippen MR) is 114 cm³/mol. The molecule has 1 atom stereocenters. The number of phenols is 2. The molecule has 0 aliphatic heterocycles. The summed E-state index contributed by atoms with van der Waals surface area (Å²) in [6.45, 7) is 0. The first-order chi connectivity index (χ1) is 13.5. The SMILES string of the molecule is O=S(=O)(O)C(c1ccc(O)c(Cl)c1)(c1ccccc1O)c1c(Cl)cc(Cl)cc1Cl. The molecule has 0 aliphatic carbocycles. The highest BCUT2D eigenvalue weighted by Gasteiger charge is 2.52. The lowest BCUT2D eigenvalue weighted by Gasteiger charge is -2.34. The van der Waals surface area contributed by atoms with Gasteiger partial charge < -0.3 is 10.2 Å². The van der Waals surface area contributed by atoms with Gasteiger partial charge in [-0.05, 0) is 35.9 Å². The number of benzene rings is 3. The molecule has 0 bridgehead atoms. The summed E-state index contributed by atoms with van der Waals surface area (Å²) in [5, 5.41) is 19.9. The highest BCUT2D eigenvalue weighted by molar-refractivity contribution is 7.87. The normalized spacial score (nSPS) is 13.8. The van der Waals surface area contributed by atoms with Crippen LogP contribution >= 0.6 is 46.4 Å². The second kappa shape index (κ2) is 7.87. The van der Waals surface area contributed by atoms with Crippen molar-refractivity contribution in [2.75, 3.05) is 0 Å². The van der Waals surface area contributed by atoms with Crippen LogP contribution in [-0.2, 0) is 14.9 Å². The van der Waals surface area contributed by atoms with Crippen LogP contribution in [-0.4, -0.2) is 23.2 Å². The minimum atomic E-state index is -5.11. The monoisotopic (exact) mass is 492 g/mol. The zero-order chi connectivity index (χ0) is 21.6. The molecular formula is C19H12Cl4O5S. The number of hydrogen-bond acceptors (Lipinski definition) is 4. The Labute approximate surface area is 186 Å². The minimum Gasteiger partial charge on any atom is -0.508 e. The molecule has 1 unspecified atom stereocenters. The highest BCUT2D eigenvalue weighted by atomic mass is 35.5. The standard InChI is InChI=1S/C19H12Cl4O5S/c20-11-8-14(22)18(15(23)9-11)19(29(26,27)28,12-3-1-2-4-16(12)24)10-5-6-17(25)13(21)7-10/h1-9,24-25H,(H,26,27,28). The molecule has 3 N–H and O–H groups in total. The fourth-order valence-corrected chi connectivity index (χ4v) is 5.97. The summed E-state index contributed by atoms with van der Waals surface area (Å²) in [7, 11) is -5.11. The van der Waals surface area contributed by atoms with Gasteiger partial charge in [-0.2, -0.15) is 8.42 Å². The number of halogens is 4. The van der Waals surface area contributed by atoms with E-state index in [0.29, 0.717) is 0 Å². The third kappa shape index (κ3) is 3.65. The van der Waals surface area contributed by atoms with Gasteiger partial charge in [0.25, 0.3) is 10.1 Å². The summed E-state index contributed by atoms with van der Waals surface area (Å²) in [4.78, 5) is 0. The second-order valence-electron chi connectivity index (χ2n) is 6.08. The van der Waals surface area contributed by atoms with Gasteiger partial charge in [0.05, 0.1) is 5.02 Å². The van der Waals surface area contributed by atoms with Gasteiger partial charge in [-0.15, -0.1) is 0 Å². The molecule has 3 rings (SSSR count). The Hall–Kier alpha value is -1.67. The van der Waals surface area contributed by atoms with Crippen LogP contribution in [0.4, 0.5) is 0 Å². The molecule has 5 nitrogen and oxygen atoms in total. The Morgan fingerprint density at radius 2 is 1.34 bits per heavy atom. The van der Waals surface area contributed by atoms with Crippen molar-refractivity contribution in [3.63, 3.8) is 0 Å². The Morgan fingerprint density at radius 3 is 1.86 bits per heavy atom. The molecule has 0 fully saturated rings. The summed E-state index contributed by atoms with van der Waals surface area (Å²) >= 11 is 24.7. The van der Waals surface area contributed by atoms with Gasteiger partial charge in [-0.25, -0.2) is 0 Å². The summed E-state index contributed by atoms with van der Waals surface area (Å²) in [6, 6.07) is 11.5. The van der Waals surface area contributed by atoms with Crippen molar-refractivity contribution in [2.45, 2.75) is 4.75 Å². The van der Waals surface area contributed by atoms with E-state index in [1.54, 1.807) is 0 Å². The van der Waals surface area contributed by atoms with Crippen LogP contribution in [0.1, 0.15) is 16.7 Å². The fourth-order valence-electron chi connectivity index (χ4n) is 3.23. The number of hydrogen-bond donors (Lipinski definition) is 3. The Bertz CT molecular complexity index is 1190. The molecule has 3 aromatic carbocycles. The van der Waals surface area contributed by atoms with Gasteiger partial charge in [-0.3, -0.25) is 4.55 Å². The van der Waals surface area contributed by atoms with Crippen LogP contribution in [0.25, 0.3) is 0 Å². The third-order valence-corrected chi connectivity index (χ3v) is 6.93. The van der Waals surface area contributed by atoms with Crippen molar-refractivity contribution in [2.24, 2.45) is 0 Å². The van der Waals surface area contributed by atoms with E-state index in [0.717, 1.165) is 12.1 Å². The lowest BCUT2D eigenvalue weighted by Crippen LogP contribution is -2.39. The summed E-state index contributed by atoms with van der Waals surface area (Å²) in [6.07, 6.45) is 0. The van der Waals surface area contributed by atoms with E-state index in [2.05, 4.69) is 0 Å². The van der Waals surface area contributed by atoms with E-state index < -0.39 is 20.6 Å². The van der Waals surface area contributed by atoms with Gasteiger partial charge in [0, 0.05) is 26.2 Å². The molecule has 0 heterocycles. The Morgan fingerprint density at radius 1 is 0.759 bits per heavy atom. The molecule has 0 radical (unpaired) electrons. The maximum absolute atomic E-state index is 13.0. The average Bonchev–Trinajstić information content (AvgIpc) is 2.60. The molecule has 0 saturated carbocycles. The van der Waals surface area contributed by atoms with Crippen LogP contribution in [0.3, 0.4) is 0 Å². The van der Waals surface area contributed by atoms with E-state index in [-0.39, 0.29) is 42.5 Å². The highest BCUT2D eigenvalue weighted by Crippen LogP contribution is 2.52. The molecule has 0 amide bonds.